The van der Waals surface area contributed by atoms with E-state index in [2.05, 4.69) is 22.0 Å². The van der Waals surface area contributed by atoms with Crippen molar-refractivity contribution in [2.24, 2.45) is 0 Å². The molecule has 0 N–H and O–H groups in total. The van der Waals surface area contributed by atoms with Gasteiger partial charge in [-0.1, -0.05) is 36.4 Å². The Kier molecular flexibility index (Phi) is 3.41. The Labute approximate surface area is 97.8 Å². The minimum Gasteiger partial charge on any atom is -0.488 e. The van der Waals surface area contributed by atoms with Gasteiger partial charge >= 0.3 is 0 Å². The van der Waals surface area contributed by atoms with E-state index in [1.807, 2.05) is 48.5 Å². The van der Waals surface area contributed by atoms with E-state index in [9.17, 15) is 0 Å². The molecule has 1 radical (unpaired) electrons. The zero-order chi connectivity index (χ0) is 10.5. The van der Waals surface area contributed by atoms with Gasteiger partial charge in [0.2, 0.25) is 0 Å². The second-order valence-corrected chi connectivity index (χ2v) is 3.99. The Bertz CT molecular complexity index is 426. The molecule has 0 aromatic heterocycles. The Morgan fingerprint density at radius 1 is 1.13 bits per heavy atom. The van der Waals surface area contributed by atoms with E-state index in [4.69, 9.17) is 4.74 Å². The van der Waals surface area contributed by atoms with Gasteiger partial charge in [0.25, 0.3) is 0 Å². The average molecular weight is 262 g/mol. The van der Waals surface area contributed by atoms with Crippen molar-refractivity contribution in [2.45, 2.75) is 6.61 Å². The molecule has 2 heteroatoms. The first kappa shape index (κ1) is 10.2. The number of hydrogen-bond donors (Lipinski definition) is 0. The van der Waals surface area contributed by atoms with Gasteiger partial charge in [-0.15, -0.1) is 0 Å². The molecule has 0 unspecified atom stereocenters. The highest BCUT2D eigenvalue weighted by Crippen LogP contribution is 2.24. The molecule has 0 bridgehead atoms. The van der Waals surface area contributed by atoms with Crippen molar-refractivity contribution in [1.82, 2.24) is 0 Å². The van der Waals surface area contributed by atoms with Crippen LogP contribution in [0.3, 0.4) is 0 Å². The van der Waals surface area contributed by atoms with Crippen LogP contribution in [0.15, 0.2) is 53.0 Å². The van der Waals surface area contributed by atoms with Gasteiger partial charge in [0.1, 0.15) is 12.4 Å². The fraction of sp³-hybridized carbons (Fsp3) is 0.0769. The molecular weight excluding hydrogens is 252 g/mol. The maximum atomic E-state index is 5.64. The van der Waals surface area contributed by atoms with Crippen molar-refractivity contribution in [3.05, 3.63) is 64.6 Å². The summed E-state index contributed by atoms with van der Waals surface area (Å²) in [6, 6.07) is 18.7. The summed E-state index contributed by atoms with van der Waals surface area (Å²) in [5.74, 6) is 0.821. The minimum atomic E-state index is 0.581. The van der Waals surface area contributed by atoms with Crippen molar-refractivity contribution < 1.29 is 4.74 Å². The first-order chi connectivity index (χ1) is 7.36. The lowest BCUT2D eigenvalue weighted by Crippen LogP contribution is -1.95. The first-order valence-electron chi connectivity index (χ1n) is 4.68. The van der Waals surface area contributed by atoms with Crippen LogP contribution in [-0.2, 0) is 6.61 Å². The summed E-state index contributed by atoms with van der Waals surface area (Å²) >= 11 is 3.42. The molecule has 0 saturated carbocycles. The SMILES string of the molecule is Brc1cc[c]cc1OCc1ccccc1. The normalized spacial score (nSPS) is 9.93. The number of benzene rings is 2. The van der Waals surface area contributed by atoms with Gasteiger partial charge in [0.15, 0.2) is 0 Å². The Morgan fingerprint density at radius 2 is 1.93 bits per heavy atom. The Balaban J connectivity index is 2.03. The fourth-order valence-electron chi connectivity index (χ4n) is 1.24. The molecule has 0 heterocycles. The topological polar surface area (TPSA) is 9.23 Å². The van der Waals surface area contributed by atoms with Crippen LogP contribution in [0.5, 0.6) is 5.75 Å². The molecule has 0 aliphatic rings. The van der Waals surface area contributed by atoms with Crippen molar-refractivity contribution in [3.8, 4) is 5.75 Å². The van der Waals surface area contributed by atoms with Crippen LogP contribution < -0.4 is 4.74 Å². The third-order valence-corrected chi connectivity index (χ3v) is 2.67. The van der Waals surface area contributed by atoms with Crippen LogP contribution in [0.4, 0.5) is 0 Å². The summed E-state index contributed by atoms with van der Waals surface area (Å²) in [4.78, 5) is 0. The van der Waals surface area contributed by atoms with Crippen LogP contribution in [0.1, 0.15) is 5.56 Å². The quantitative estimate of drug-likeness (QED) is 0.816. The van der Waals surface area contributed by atoms with Crippen LogP contribution in [0.25, 0.3) is 0 Å². The van der Waals surface area contributed by atoms with Crippen LogP contribution in [0, 0.1) is 6.07 Å². The molecule has 0 atom stereocenters. The molecule has 2 aromatic carbocycles. The van der Waals surface area contributed by atoms with E-state index < -0.39 is 0 Å². The van der Waals surface area contributed by atoms with Crippen molar-refractivity contribution in [1.29, 1.82) is 0 Å². The van der Waals surface area contributed by atoms with Gasteiger partial charge in [-0.2, -0.15) is 0 Å². The van der Waals surface area contributed by atoms with Gasteiger partial charge in [0, 0.05) is 0 Å². The number of rotatable bonds is 3. The van der Waals surface area contributed by atoms with E-state index in [0.717, 1.165) is 15.8 Å². The van der Waals surface area contributed by atoms with E-state index in [0.29, 0.717) is 6.61 Å². The monoisotopic (exact) mass is 261 g/mol. The lowest BCUT2D eigenvalue weighted by atomic mass is 10.2. The predicted molar refractivity (Wildman–Crippen MR) is 63.8 cm³/mol. The predicted octanol–water partition coefficient (Wildman–Crippen LogP) is 3.83. The number of halogens is 1. The third-order valence-electron chi connectivity index (χ3n) is 2.01. The fourth-order valence-corrected chi connectivity index (χ4v) is 1.60. The van der Waals surface area contributed by atoms with E-state index in [-0.39, 0.29) is 0 Å². The molecule has 15 heavy (non-hydrogen) atoms. The van der Waals surface area contributed by atoms with Crippen LogP contribution >= 0.6 is 15.9 Å². The van der Waals surface area contributed by atoms with Crippen molar-refractivity contribution in [2.75, 3.05) is 0 Å². The van der Waals surface area contributed by atoms with Crippen LogP contribution in [-0.4, -0.2) is 0 Å². The average Bonchev–Trinajstić information content (AvgIpc) is 2.29. The van der Waals surface area contributed by atoms with Crippen molar-refractivity contribution in [3.63, 3.8) is 0 Å². The summed E-state index contributed by atoms with van der Waals surface area (Å²) in [5, 5.41) is 0. The van der Waals surface area contributed by atoms with E-state index >= 15 is 0 Å². The first-order valence-corrected chi connectivity index (χ1v) is 5.48. The highest BCUT2D eigenvalue weighted by atomic mass is 79.9. The smallest absolute Gasteiger partial charge is 0.134 e. The van der Waals surface area contributed by atoms with Gasteiger partial charge in [-0.25, -0.2) is 0 Å². The van der Waals surface area contributed by atoms with Gasteiger partial charge < -0.3 is 4.74 Å². The van der Waals surface area contributed by atoms with Gasteiger partial charge in [-0.3, -0.25) is 0 Å². The molecule has 0 amide bonds. The van der Waals surface area contributed by atoms with Gasteiger partial charge in [-0.05, 0) is 39.7 Å². The molecular formula is C13H10BrO. The van der Waals surface area contributed by atoms with E-state index in [1.165, 1.54) is 0 Å². The highest BCUT2D eigenvalue weighted by Gasteiger charge is 1.99. The lowest BCUT2D eigenvalue weighted by Gasteiger charge is -2.07. The lowest BCUT2D eigenvalue weighted by molar-refractivity contribution is 0.304. The molecule has 2 aromatic rings. The summed E-state index contributed by atoms with van der Waals surface area (Å²) < 4.78 is 6.60. The second kappa shape index (κ2) is 4.99. The standard InChI is InChI=1S/C13H10BrO/c14-12-8-4-5-9-13(12)15-10-11-6-2-1-3-7-11/h1-4,6-9H,10H2. The summed E-state index contributed by atoms with van der Waals surface area (Å²) in [6.45, 7) is 0.581. The largest absolute Gasteiger partial charge is 0.488 e. The Morgan fingerprint density at radius 3 is 2.67 bits per heavy atom. The summed E-state index contributed by atoms with van der Waals surface area (Å²) in [5.41, 5.74) is 1.16. The molecule has 0 aliphatic heterocycles. The molecule has 0 spiro atoms. The zero-order valence-corrected chi connectivity index (χ0v) is 9.70. The second-order valence-electron chi connectivity index (χ2n) is 3.13. The third kappa shape index (κ3) is 2.83. The maximum absolute atomic E-state index is 5.64. The van der Waals surface area contributed by atoms with Crippen molar-refractivity contribution >= 4 is 15.9 Å². The molecule has 1 nitrogen and oxygen atoms in total. The molecule has 2 rings (SSSR count). The number of ether oxygens (including phenoxy) is 1. The molecule has 0 aliphatic carbocycles. The summed E-state index contributed by atoms with van der Waals surface area (Å²) in [6.07, 6.45) is 0. The van der Waals surface area contributed by atoms with Gasteiger partial charge in [0.05, 0.1) is 4.47 Å². The number of hydrogen-bond acceptors (Lipinski definition) is 1. The Hall–Kier alpha value is -1.28. The molecule has 75 valence electrons. The molecule has 0 fully saturated rings. The maximum Gasteiger partial charge on any atom is 0.134 e. The minimum absolute atomic E-state index is 0.581. The molecule has 0 saturated heterocycles. The van der Waals surface area contributed by atoms with Crippen LogP contribution in [0.2, 0.25) is 0 Å². The summed E-state index contributed by atoms with van der Waals surface area (Å²) in [7, 11) is 0. The highest BCUT2D eigenvalue weighted by molar-refractivity contribution is 9.10. The zero-order valence-electron chi connectivity index (χ0n) is 8.11. The van der Waals surface area contributed by atoms with E-state index in [1.54, 1.807) is 0 Å².